The van der Waals surface area contributed by atoms with Gasteiger partial charge in [0.2, 0.25) is 0 Å². The van der Waals surface area contributed by atoms with Crippen molar-refractivity contribution < 1.29 is 0 Å². The fourth-order valence-corrected chi connectivity index (χ4v) is 1.83. The maximum absolute atomic E-state index is 4.61. The van der Waals surface area contributed by atoms with Crippen LogP contribution in [0.4, 0.5) is 11.6 Å². The summed E-state index contributed by atoms with van der Waals surface area (Å²) in [5, 5.41) is 3.31. The number of nitrogens with zero attached hydrogens (tertiary/aromatic N) is 3. The average molecular weight is 256 g/mol. The summed E-state index contributed by atoms with van der Waals surface area (Å²) >= 11 is 0. The van der Waals surface area contributed by atoms with E-state index in [4.69, 9.17) is 0 Å². The van der Waals surface area contributed by atoms with Crippen LogP contribution < -0.4 is 10.2 Å². The SMILES string of the molecule is CCCNc1cccc(N(C)Cc2ccncc2)n1. The average Bonchev–Trinajstić information content (AvgIpc) is 2.46. The predicted octanol–water partition coefficient (Wildman–Crippen LogP) is 2.93. The molecule has 0 atom stereocenters. The maximum atomic E-state index is 4.61. The van der Waals surface area contributed by atoms with Crippen LogP contribution in [0.15, 0.2) is 42.7 Å². The molecular formula is C15H20N4. The molecule has 4 heteroatoms. The van der Waals surface area contributed by atoms with Gasteiger partial charge in [-0.15, -0.1) is 0 Å². The van der Waals surface area contributed by atoms with Gasteiger partial charge in [-0.05, 0) is 36.2 Å². The van der Waals surface area contributed by atoms with Crippen molar-refractivity contribution in [1.29, 1.82) is 0 Å². The van der Waals surface area contributed by atoms with Gasteiger partial charge >= 0.3 is 0 Å². The van der Waals surface area contributed by atoms with Gasteiger partial charge in [-0.3, -0.25) is 4.98 Å². The quantitative estimate of drug-likeness (QED) is 0.862. The maximum Gasteiger partial charge on any atom is 0.130 e. The van der Waals surface area contributed by atoms with Crippen LogP contribution in [0.1, 0.15) is 18.9 Å². The highest BCUT2D eigenvalue weighted by Gasteiger charge is 2.04. The van der Waals surface area contributed by atoms with Crippen LogP contribution >= 0.6 is 0 Å². The van der Waals surface area contributed by atoms with Crippen molar-refractivity contribution >= 4 is 11.6 Å². The molecule has 0 saturated heterocycles. The molecule has 19 heavy (non-hydrogen) atoms. The minimum Gasteiger partial charge on any atom is -0.370 e. The minimum absolute atomic E-state index is 0.826. The lowest BCUT2D eigenvalue weighted by Crippen LogP contribution is -2.18. The van der Waals surface area contributed by atoms with Crippen LogP contribution in [0, 0.1) is 0 Å². The van der Waals surface area contributed by atoms with Gasteiger partial charge in [0.1, 0.15) is 11.6 Å². The van der Waals surface area contributed by atoms with Crippen LogP contribution in [0.2, 0.25) is 0 Å². The van der Waals surface area contributed by atoms with Gasteiger partial charge in [0, 0.05) is 32.5 Å². The fraction of sp³-hybridized carbons (Fsp3) is 0.333. The molecule has 0 spiro atoms. The lowest BCUT2D eigenvalue weighted by molar-refractivity contribution is 0.892. The zero-order valence-corrected chi connectivity index (χ0v) is 11.5. The zero-order valence-electron chi connectivity index (χ0n) is 11.5. The number of aromatic nitrogens is 2. The van der Waals surface area contributed by atoms with Gasteiger partial charge < -0.3 is 10.2 Å². The van der Waals surface area contributed by atoms with Crippen LogP contribution in [0.3, 0.4) is 0 Å². The molecule has 2 heterocycles. The highest BCUT2D eigenvalue weighted by Crippen LogP contribution is 2.15. The van der Waals surface area contributed by atoms with Crippen molar-refractivity contribution in [2.45, 2.75) is 19.9 Å². The largest absolute Gasteiger partial charge is 0.370 e. The van der Waals surface area contributed by atoms with Gasteiger partial charge in [-0.1, -0.05) is 13.0 Å². The molecule has 0 unspecified atom stereocenters. The van der Waals surface area contributed by atoms with Crippen molar-refractivity contribution in [3.63, 3.8) is 0 Å². The lowest BCUT2D eigenvalue weighted by Gasteiger charge is -2.19. The van der Waals surface area contributed by atoms with E-state index in [-0.39, 0.29) is 0 Å². The Hall–Kier alpha value is -2.10. The van der Waals surface area contributed by atoms with Crippen molar-refractivity contribution in [1.82, 2.24) is 9.97 Å². The first-order valence-electron chi connectivity index (χ1n) is 6.60. The molecule has 2 aromatic heterocycles. The summed E-state index contributed by atoms with van der Waals surface area (Å²) in [4.78, 5) is 10.8. The summed E-state index contributed by atoms with van der Waals surface area (Å²) in [6.07, 6.45) is 4.73. The van der Waals surface area contributed by atoms with E-state index in [1.54, 1.807) is 0 Å². The molecule has 0 aliphatic rings. The van der Waals surface area contributed by atoms with E-state index in [0.717, 1.165) is 31.1 Å². The molecule has 2 rings (SSSR count). The van der Waals surface area contributed by atoms with Gasteiger partial charge in [0.25, 0.3) is 0 Å². The Balaban J connectivity index is 2.04. The van der Waals surface area contributed by atoms with E-state index < -0.39 is 0 Å². The second-order valence-electron chi connectivity index (χ2n) is 4.52. The molecule has 0 radical (unpaired) electrons. The predicted molar refractivity (Wildman–Crippen MR) is 79.4 cm³/mol. The number of rotatable bonds is 6. The topological polar surface area (TPSA) is 41.0 Å². The summed E-state index contributed by atoms with van der Waals surface area (Å²) in [6.45, 7) is 3.92. The molecule has 0 aromatic carbocycles. The molecule has 0 amide bonds. The highest BCUT2D eigenvalue weighted by molar-refractivity contribution is 5.46. The normalized spacial score (nSPS) is 10.2. The van der Waals surface area contributed by atoms with E-state index in [9.17, 15) is 0 Å². The van der Waals surface area contributed by atoms with Crippen molar-refractivity contribution in [3.05, 3.63) is 48.3 Å². The smallest absolute Gasteiger partial charge is 0.130 e. The summed E-state index contributed by atoms with van der Waals surface area (Å²) in [7, 11) is 2.05. The Morgan fingerprint density at radius 1 is 1.16 bits per heavy atom. The fourth-order valence-electron chi connectivity index (χ4n) is 1.83. The monoisotopic (exact) mass is 256 g/mol. The molecule has 100 valence electrons. The van der Waals surface area contributed by atoms with Gasteiger partial charge in [-0.2, -0.15) is 0 Å². The first-order chi connectivity index (χ1) is 9.29. The molecular weight excluding hydrogens is 236 g/mol. The molecule has 0 fully saturated rings. The van der Waals surface area contributed by atoms with E-state index in [1.165, 1.54) is 5.56 Å². The van der Waals surface area contributed by atoms with Crippen molar-refractivity contribution in [2.75, 3.05) is 23.8 Å². The number of anilines is 2. The van der Waals surface area contributed by atoms with Crippen LogP contribution in [0.25, 0.3) is 0 Å². The van der Waals surface area contributed by atoms with Gasteiger partial charge in [0.05, 0.1) is 0 Å². The third-order valence-corrected chi connectivity index (χ3v) is 2.85. The van der Waals surface area contributed by atoms with Crippen molar-refractivity contribution in [3.8, 4) is 0 Å². The molecule has 0 aliphatic carbocycles. The Kier molecular flexibility index (Phi) is 4.72. The third kappa shape index (κ3) is 3.95. The molecule has 0 saturated carbocycles. The van der Waals surface area contributed by atoms with Crippen LogP contribution in [-0.2, 0) is 6.54 Å². The first-order valence-corrected chi connectivity index (χ1v) is 6.60. The second-order valence-corrected chi connectivity index (χ2v) is 4.52. The summed E-state index contributed by atoms with van der Waals surface area (Å²) in [6, 6.07) is 10.1. The van der Waals surface area contributed by atoms with Crippen molar-refractivity contribution in [2.24, 2.45) is 0 Å². The Labute approximate surface area is 114 Å². The Morgan fingerprint density at radius 2 is 1.95 bits per heavy atom. The molecule has 2 aromatic rings. The number of hydrogen-bond acceptors (Lipinski definition) is 4. The standard InChI is InChI=1S/C15H20N4/c1-3-9-17-14-5-4-6-15(18-14)19(2)12-13-7-10-16-11-8-13/h4-8,10-11H,3,9,12H2,1-2H3,(H,17,18). The highest BCUT2D eigenvalue weighted by atomic mass is 15.2. The summed E-state index contributed by atoms with van der Waals surface area (Å²) < 4.78 is 0. The van der Waals surface area contributed by atoms with E-state index in [1.807, 2.05) is 49.8 Å². The summed E-state index contributed by atoms with van der Waals surface area (Å²) in [5.41, 5.74) is 1.23. The molecule has 0 bridgehead atoms. The number of nitrogens with one attached hydrogen (secondary N) is 1. The van der Waals surface area contributed by atoms with E-state index in [2.05, 4.69) is 27.1 Å². The number of hydrogen-bond donors (Lipinski definition) is 1. The van der Waals surface area contributed by atoms with E-state index in [0.29, 0.717) is 0 Å². The van der Waals surface area contributed by atoms with Gasteiger partial charge in [0.15, 0.2) is 0 Å². The summed E-state index contributed by atoms with van der Waals surface area (Å²) in [5.74, 6) is 1.90. The zero-order chi connectivity index (χ0) is 13.5. The first kappa shape index (κ1) is 13.3. The molecule has 0 aliphatic heterocycles. The Morgan fingerprint density at radius 3 is 2.68 bits per heavy atom. The van der Waals surface area contributed by atoms with Gasteiger partial charge in [-0.25, -0.2) is 4.98 Å². The third-order valence-electron chi connectivity index (χ3n) is 2.85. The number of pyridine rings is 2. The van der Waals surface area contributed by atoms with E-state index >= 15 is 0 Å². The second kappa shape index (κ2) is 6.73. The van der Waals surface area contributed by atoms with Crippen LogP contribution in [0.5, 0.6) is 0 Å². The molecule has 1 N–H and O–H groups in total. The lowest BCUT2D eigenvalue weighted by atomic mass is 10.2. The Bertz CT molecular complexity index is 499. The van der Waals surface area contributed by atoms with Crippen LogP contribution in [-0.4, -0.2) is 23.6 Å². The molecule has 4 nitrogen and oxygen atoms in total. The minimum atomic E-state index is 0.826.